The number of nitrogens with one attached hydrogen (secondary N) is 1. The summed E-state index contributed by atoms with van der Waals surface area (Å²) in [7, 11) is 0. The van der Waals surface area contributed by atoms with Crippen LogP contribution in [0, 0.1) is 25.5 Å². The third-order valence-electron chi connectivity index (χ3n) is 5.84. The first-order valence-corrected chi connectivity index (χ1v) is 11.0. The Kier molecular flexibility index (Phi) is 5.51. The number of rotatable bonds is 5. The summed E-state index contributed by atoms with van der Waals surface area (Å²) in [6, 6.07) is 9.66. The molecule has 0 radical (unpaired) electrons. The zero-order valence-corrected chi connectivity index (χ0v) is 19.5. The molecule has 36 heavy (non-hydrogen) atoms. The van der Waals surface area contributed by atoms with E-state index >= 15 is 0 Å². The van der Waals surface area contributed by atoms with Crippen LogP contribution in [0.4, 0.5) is 14.5 Å². The fourth-order valence-electron chi connectivity index (χ4n) is 4.21. The number of aromatic carboxylic acids is 1. The number of aryl methyl sites for hydroxylation is 2. The Labute approximate surface area is 202 Å². The highest BCUT2D eigenvalue weighted by molar-refractivity contribution is 5.94. The van der Waals surface area contributed by atoms with Gasteiger partial charge in [0.25, 0.3) is 0 Å². The van der Waals surface area contributed by atoms with E-state index in [0.717, 1.165) is 23.4 Å². The summed E-state index contributed by atoms with van der Waals surface area (Å²) in [5.74, 6) is -4.10. The lowest BCUT2D eigenvalue weighted by Crippen LogP contribution is -2.14. The normalized spacial score (nSPS) is 12.2. The maximum atomic E-state index is 14.2. The number of anilines is 1. The molecule has 1 atom stereocenters. The Bertz CT molecular complexity index is 1740. The Morgan fingerprint density at radius 3 is 2.67 bits per heavy atom. The van der Waals surface area contributed by atoms with Crippen molar-refractivity contribution in [3.8, 4) is 11.5 Å². The maximum absolute atomic E-state index is 14.2. The van der Waals surface area contributed by atoms with Crippen LogP contribution < -0.4 is 10.7 Å². The number of imidazole rings is 1. The van der Waals surface area contributed by atoms with Crippen molar-refractivity contribution < 1.29 is 23.1 Å². The van der Waals surface area contributed by atoms with Crippen LogP contribution >= 0.6 is 0 Å². The van der Waals surface area contributed by atoms with Gasteiger partial charge in [-0.05, 0) is 56.7 Å². The van der Waals surface area contributed by atoms with Gasteiger partial charge in [-0.25, -0.2) is 23.1 Å². The van der Waals surface area contributed by atoms with Crippen molar-refractivity contribution in [3.63, 3.8) is 0 Å². The first kappa shape index (κ1) is 23.2. The molecule has 2 N–H and O–H groups in total. The fourth-order valence-corrected chi connectivity index (χ4v) is 4.21. The average Bonchev–Trinajstić information content (AvgIpc) is 3.20. The van der Waals surface area contributed by atoms with Gasteiger partial charge in [0.15, 0.2) is 28.5 Å². The quantitative estimate of drug-likeness (QED) is 0.345. The van der Waals surface area contributed by atoms with Gasteiger partial charge in [-0.15, -0.1) is 0 Å². The van der Waals surface area contributed by atoms with E-state index in [-0.39, 0.29) is 22.5 Å². The number of fused-ring (bicyclic) bond motifs is 2. The Morgan fingerprint density at radius 1 is 1.14 bits per heavy atom. The topological polar surface area (TPSA) is 110 Å². The molecule has 0 saturated carbocycles. The van der Waals surface area contributed by atoms with Crippen LogP contribution in [-0.4, -0.2) is 25.7 Å². The molecule has 0 bridgehead atoms. The Balaban J connectivity index is 1.64. The van der Waals surface area contributed by atoms with E-state index in [1.807, 2.05) is 6.92 Å². The zero-order valence-electron chi connectivity index (χ0n) is 19.5. The van der Waals surface area contributed by atoms with Crippen molar-refractivity contribution in [2.75, 3.05) is 5.32 Å². The van der Waals surface area contributed by atoms with Crippen molar-refractivity contribution in [1.29, 1.82) is 0 Å². The standard InChI is InChI=1S/C26H20F2N4O4/c1-12-8-15(14(3)30-19-5-4-17(27)24(28)23(19)26(34)35)25-16(9-12)20(33)10-21(36-25)18-6-7-22-29-13(2)11-32(22)31-18/h4-11,14,30H,1-3H3,(H,34,35). The summed E-state index contributed by atoms with van der Waals surface area (Å²) in [5, 5.41) is 17.2. The smallest absolute Gasteiger partial charge is 0.340 e. The predicted molar refractivity (Wildman–Crippen MR) is 129 cm³/mol. The van der Waals surface area contributed by atoms with Crippen LogP contribution in [0.25, 0.3) is 28.1 Å². The molecule has 0 spiro atoms. The van der Waals surface area contributed by atoms with Crippen molar-refractivity contribution in [2.24, 2.45) is 0 Å². The second-order valence-corrected chi connectivity index (χ2v) is 8.56. The van der Waals surface area contributed by atoms with Crippen LogP contribution in [-0.2, 0) is 0 Å². The Hall–Kier alpha value is -4.60. The van der Waals surface area contributed by atoms with Crippen molar-refractivity contribution in [1.82, 2.24) is 14.6 Å². The van der Waals surface area contributed by atoms with Crippen molar-refractivity contribution >= 4 is 28.3 Å². The highest BCUT2D eigenvalue weighted by Crippen LogP contribution is 2.32. The van der Waals surface area contributed by atoms with Crippen LogP contribution in [0.5, 0.6) is 0 Å². The molecule has 1 unspecified atom stereocenters. The molecule has 5 aromatic rings. The van der Waals surface area contributed by atoms with E-state index in [2.05, 4.69) is 15.4 Å². The van der Waals surface area contributed by atoms with E-state index < -0.39 is 29.2 Å². The molecular formula is C26H20F2N4O4. The second kappa shape index (κ2) is 8.56. The average molecular weight is 490 g/mol. The van der Waals surface area contributed by atoms with Crippen LogP contribution in [0.2, 0.25) is 0 Å². The van der Waals surface area contributed by atoms with E-state index in [1.54, 1.807) is 48.8 Å². The molecule has 8 nitrogen and oxygen atoms in total. The minimum atomic E-state index is -1.61. The van der Waals surface area contributed by atoms with E-state index in [4.69, 9.17) is 4.42 Å². The highest BCUT2D eigenvalue weighted by Gasteiger charge is 2.23. The SMILES string of the molecule is Cc1cc(C(C)Nc2ccc(F)c(F)c2C(=O)O)c2oc(-c3ccc4nc(C)cn4n3)cc(=O)c2c1. The number of hydrogen-bond donors (Lipinski definition) is 2. The lowest BCUT2D eigenvalue weighted by atomic mass is 10.0. The summed E-state index contributed by atoms with van der Waals surface area (Å²) in [5.41, 5.74) is 2.22. The summed E-state index contributed by atoms with van der Waals surface area (Å²) in [6.45, 7) is 5.35. The highest BCUT2D eigenvalue weighted by atomic mass is 19.2. The lowest BCUT2D eigenvalue weighted by molar-refractivity contribution is 0.0691. The first-order chi connectivity index (χ1) is 17.1. The van der Waals surface area contributed by atoms with Gasteiger partial charge in [-0.3, -0.25) is 4.79 Å². The van der Waals surface area contributed by atoms with Gasteiger partial charge < -0.3 is 14.8 Å². The van der Waals surface area contributed by atoms with Gasteiger partial charge in [0.2, 0.25) is 0 Å². The molecule has 182 valence electrons. The van der Waals surface area contributed by atoms with Crippen molar-refractivity contribution in [2.45, 2.75) is 26.8 Å². The number of hydrogen-bond acceptors (Lipinski definition) is 6. The predicted octanol–water partition coefficient (Wildman–Crippen LogP) is 5.27. The van der Waals surface area contributed by atoms with Crippen molar-refractivity contribution in [3.05, 3.63) is 92.9 Å². The maximum Gasteiger partial charge on any atom is 0.340 e. The number of halogens is 2. The number of benzene rings is 2. The molecule has 5 rings (SSSR count). The number of carboxylic acid groups (broad SMARTS) is 1. The van der Waals surface area contributed by atoms with Crippen LogP contribution in [0.3, 0.4) is 0 Å². The van der Waals surface area contributed by atoms with Gasteiger partial charge in [0.1, 0.15) is 16.8 Å². The number of aromatic nitrogens is 3. The molecule has 10 heteroatoms. The molecule has 0 aliphatic carbocycles. The molecule has 0 fully saturated rings. The zero-order chi connectivity index (χ0) is 25.7. The second-order valence-electron chi connectivity index (χ2n) is 8.56. The molecule has 3 aromatic heterocycles. The molecule has 0 amide bonds. The van der Waals surface area contributed by atoms with Gasteiger partial charge in [-0.1, -0.05) is 6.07 Å². The summed E-state index contributed by atoms with van der Waals surface area (Å²) in [6.07, 6.45) is 1.75. The summed E-state index contributed by atoms with van der Waals surface area (Å²) in [4.78, 5) is 29.0. The summed E-state index contributed by atoms with van der Waals surface area (Å²) >= 11 is 0. The van der Waals surface area contributed by atoms with Crippen LogP contribution in [0.15, 0.2) is 57.9 Å². The minimum absolute atomic E-state index is 0.107. The number of carbonyl (C=O) groups is 1. The molecule has 2 aromatic carbocycles. The van der Waals surface area contributed by atoms with Gasteiger partial charge in [-0.2, -0.15) is 5.10 Å². The van der Waals surface area contributed by atoms with Gasteiger partial charge in [0.05, 0.1) is 29.0 Å². The van der Waals surface area contributed by atoms with E-state index in [0.29, 0.717) is 22.3 Å². The molecule has 0 saturated heterocycles. The number of nitrogens with zero attached hydrogens (tertiary/aromatic N) is 3. The van der Waals surface area contributed by atoms with Gasteiger partial charge >= 0.3 is 5.97 Å². The monoisotopic (exact) mass is 490 g/mol. The third kappa shape index (κ3) is 3.96. The van der Waals surface area contributed by atoms with E-state index in [9.17, 15) is 23.5 Å². The molecule has 0 aliphatic rings. The number of carboxylic acids is 1. The van der Waals surface area contributed by atoms with Crippen LogP contribution in [0.1, 0.15) is 40.1 Å². The van der Waals surface area contributed by atoms with Gasteiger partial charge in [0, 0.05) is 11.6 Å². The lowest BCUT2D eigenvalue weighted by Gasteiger charge is -2.19. The minimum Gasteiger partial charge on any atom is -0.478 e. The molecule has 0 aliphatic heterocycles. The summed E-state index contributed by atoms with van der Waals surface area (Å²) < 4.78 is 35.6. The fraction of sp³-hybridized carbons (Fsp3) is 0.154. The third-order valence-corrected chi connectivity index (χ3v) is 5.84. The molecule has 3 heterocycles. The Morgan fingerprint density at radius 2 is 1.92 bits per heavy atom. The molecular weight excluding hydrogens is 470 g/mol. The largest absolute Gasteiger partial charge is 0.478 e. The van der Waals surface area contributed by atoms with E-state index in [1.165, 1.54) is 6.07 Å². The first-order valence-electron chi connectivity index (χ1n) is 11.0.